The molecule has 0 aliphatic rings. The molecule has 5 heteroatoms. The van der Waals surface area contributed by atoms with Gasteiger partial charge in [-0.25, -0.2) is 0 Å². The summed E-state index contributed by atoms with van der Waals surface area (Å²) in [6, 6.07) is 1.64. The van der Waals surface area contributed by atoms with Gasteiger partial charge in [0.05, 0.1) is 10.1 Å². The van der Waals surface area contributed by atoms with Crippen molar-refractivity contribution in [2.45, 2.75) is 19.1 Å². The summed E-state index contributed by atoms with van der Waals surface area (Å²) < 4.78 is 1.05. The molecule has 0 fully saturated rings. The summed E-state index contributed by atoms with van der Waals surface area (Å²) in [5.74, 6) is 0.515. The molecule has 0 atom stereocenters. The van der Waals surface area contributed by atoms with Crippen LogP contribution in [-0.2, 0) is 0 Å². The van der Waals surface area contributed by atoms with E-state index in [9.17, 15) is 4.79 Å². The maximum absolute atomic E-state index is 11.6. The normalized spacial score (nSPS) is 10.9. The Morgan fingerprint density at radius 1 is 1.57 bits per heavy atom. The van der Waals surface area contributed by atoms with Crippen LogP contribution in [0.25, 0.3) is 0 Å². The monoisotopic (exact) mass is 268 g/mol. The zero-order valence-corrected chi connectivity index (χ0v) is 11.0. The lowest BCUT2D eigenvalue weighted by molar-refractivity contribution is 0.102. The van der Waals surface area contributed by atoms with Crippen molar-refractivity contribution in [2.24, 2.45) is 0 Å². The summed E-state index contributed by atoms with van der Waals surface area (Å²) in [6.07, 6.45) is 0. The number of ketones is 1. The van der Waals surface area contributed by atoms with E-state index in [0.717, 1.165) is 0 Å². The number of Topliss-reactive ketones (excluding diaryl/α,β-unsaturated/α-hetero) is 1. The van der Waals surface area contributed by atoms with Crippen LogP contribution in [0, 0.1) is 0 Å². The average Bonchev–Trinajstić information content (AvgIpc) is 2.41. The molecule has 1 aromatic rings. The van der Waals surface area contributed by atoms with Gasteiger partial charge in [-0.15, -0.1) is 11.3 Å². The molecule has 0 aliphatic heterocycles. The molecule has 0 spiro atoms. The topological polar surface area (TPSA) is 17.1 Å². The fraction of sp³-hybridized carbons (Fsp3) is 0.444. The largest absolute Gasteiger partial charge is 0.293 e. The smallest absolute Gasteiger partial charge is 0.175 e. The van der Waals surface area contributed by atoms with E-state index in [0.29, 0.717) is 25.2 Å². The fourth-order valence-corrected chi connectivity index (χ4v) is 2.99. The van der Waals surface area contributed by atoms with Gasteiger partial charge in [-0.2, -0.15) is 11.8 Å². The van der Waals surface area contributed by atoms with Crippen molar-refractivity contribution < 1.29 is 4.79 Å². The van der Waals surface area contributed by atoms with Crippen molar-refractivity contribution in [2.75, 3.05) is 5.75 Å². The standard InChI is InChI=1S/C9H10Cl2OS2/c1-5(2)13-4-7(12)6-3-8(10)14-9(6)11/h3,5H,4H2,1-2H3. The fourth-order valence-electron chi connectivity index (χ4n) is 0.850. The van der Waals surface area contributed by atoms with Crippen LogP contribution >= 0.6 is 46.3 Å². The van der Waals surface area contributed by atoms with Crippen LogP contribution in [0.5, 0.6) is 0 Å². The average molecular weight is 269 g/mol. The van der Waals surface area contributed by atoms with Gasteiger partial charge in [-0.3, -0.25) is 4.79 Å². The summed E-state index contributed by atoms with van der Waals surface area (Å²) >= 11 is 14.4. The molecule has 0 aliphatic carbocycles. The Bertz CT molecular complexity index is 334. The zero-order chi connectivity index (χ0) is 10.7. The van der Waals surface area contributed by atoms with Crippen LogP contribution in [0.2, 0.25) is 8.67 Å². The van der Waals surface area contributed by atoms with E-state index in [-0.39, 0.29) is 5.78 Å². The van der Waals surface area contributed by atoms with Gasteiger partial charge in [-0.1, -0.05) is 37.0 Å². The Morgan fingerprint density at radius 3 is 2.64 bits per heavy atom. The van der Waals surface area contributed by atoms with Gasteiger partial charge in [0.15, 0.2) is 5.78 Å². The SMILES string of the molecule is CC(C)SCC(=O)c1cc(Cl)sc1Cl. The summed E-state index contributed by atoms with van der Waals surface area (Å²) in [5, 5.41) is 0.451. The molecular formula is C9H10Cl2OS2. The van der Waals surface area contributed by atoms with Crippen LogP contribution < -0.4 is 0 Å². The first-order valence-electron chi connectivity index (χ1n) is 4.10. The van der Waals surface area contributed by atoms with Crippen molar-refractivity contribution in [3.63, 3.8) is 0 Å². The van der Waals surface area contributed by atoms with Crippen molar-refractivity contribution in [1.29, 1.82) is 0 Å². The van der Waals surface area contributed by atoms with E-state index in [1.807, 2.05) is 0 Å². The van der Waals surface area contributed by atoms with Crippen molar-refractivity contribution in [3.05, 3.63) is 20.3 Å². The lowest BCUT2D eigenvalue weighted by Gasteiger charge is -2.02. The highest BCUT2D eigenvalue weighted by Crippen LogP contribution is 2.32. The van der Waals surface area contributed by atoms with E-state index < -0.39 is 0 Å². The number of rotatable bonds is 4. The molecule has 0 aromatic carbocycles. The molecule has 1 nitrogen and oxygen atoms in total. The number of halogens is 2. The summed E-state index contributed by atoms with van der Waals surface area (Å²) in [5.41, 5.74) is 0.551. The maximum atomic E-state index is 11.6. The van der Waals surface area contributed by atoms with Crippen LogP contribution in [0.1, 0.15) is 24.2 Å². The number of thioether (sulfide) groups is 1. The third kappa shape index (κ3) is 3.46. The highest BCUT2D eigenvalue weighted by atomic mass is 35.5. The van der Waals surface area contributed by atoms with Crippen LogP contribution in [0.3, 0.4) is 0 Å². The van der Waals surface area contributed by atoms with Gasteiger partial charge >= 0.3 is 0 Å². The predicted molar refractivity (Wildman–Crippen MR) is 66.3 cm³/mol. The van der Waals surface area contributed by atoms with Gasteiger partial charge in [0.1, 0.15) is 4.34 Å². The van der Waals surface area contributed by atoms with E-state index >= 15 is 0 Å². The summed E-state index contributed by atoms with van der Waals surface area (Å²) in [4.78, 5) is 11.6. The first-order valence-corrected chi connectivity index (χ1v) is 6.72. The molecule has 0 saturated carbocycles. The molecule has 0 saturated heterocycles. The second kappa shape index (κ2) is 5.40. The van der Waals surface area contributed by atoms with E-state index in [1.54, 1.807) is 17.8 Å². The highest BCUT2D eigenvalue weighted by molar-refractivity contribution is 8.00. The zero-order valence-electron chi connectivity index (χ0n) is 7.84. The van der Waals surface area contributed by atoms with Crippen LogP contribution in [0.4, 0.5) is 0 Å². The van der Waals surface area contributed by atoms with Gasteiger partial charge in [0, 0.05) is 5.56 Å². The Balaban J connectivity index is 2.65. The number of thiophene rings is 1. The van der Waals surface area contributed by atoms with Crippen molar-refractivity contribution in [1.82, 2.24) is 0 Å². The van der Waals surface area contributed by atoms with Crippen molar-refractivity contribution in [3.8, 4) is 0 Å². The van der Waals surface area contributed by atoms with E-state index in [2.05, 4.69) is 13.8 Å². The number of carbonyl (C=O) groups is 1. The first-order chi connectivity index (χ1) is 6.50. The molecule has 14 heavy (non-hydrogen) atoms. The molecule has 0 amide bonds. The molecule has 1 heterocycles. The van der Waals surface area contributed by atoms with Crippen LogP contribution in [0.15, 0.2) is 6.07 Å². The number of hydrogen-bond donors (Lipinski definition) is 0. The molecule has 0 unspecified atom stereocenters. The minimum Gasteiger partial charge on any atom is -0.293 e. The lowest BCUT2D eigenvalue weighted by Crippen LogP contribution is -2.03. The first kappa shape index (κ1) is 12.4. The predicted octanol–water partition coefficient (Wildman–Crippen LogP) is 4.38. The minimum absolute atomic E-state index is 0.0526. The van der Waals surface area contributed by atoms with Gasteiger partial charge in [0.25, 0.3) is 0 Å². The molecule has 1 aromatic heterocycles. The quantitative estimate of drug-likeness (QED) is 0.754. The van der Waals surface area contributed by atoms with Gasteiger partial charge in [-0.05, 0) is 11.3 Å². The number of carbonyl (C=O) groups excluding carboxylic acids is 1. The molecular weight excluding hydrogens is 259 g/mol. The Kier molecular flexibility index (Phi) is 4.77. The maximum Gasteiger partial charge on any atom is 0.175 e. The Hall–Kier alpha value is 0.300. The molecule has 78 valence electrons. The molecule has 0 N–H and O–H groups in total. The van der Waals surface area contributed by atoms with Crippen molar-refractivity contribution >= 4 is 52.1 Å². The van der Waals surface area contributed by atoms with E-state index in [1.165, 1.54) is 11.3 Å². The second-order valence-corrected chi connectivity index (χ2v) is 6.87. The molecule has 1 rings (SSSR count). The second-order valence-electron chi connectivity index (χ2n) is 3.02. The Labute approximate surface area is 102 Å². The minimum atomic E-state index is 0.0526. The van der Waals surface area contributed by atoms with Gasteiger partial charge < -0.3 is 0 Å². The third-order valence-corrected chi connectivity index (χ3v) is 4.09. The lowest BCUT2D eigenvalue weighted by atomic mass is 10.2. The van der Waals surface area contributed by atoms with E-state index in [4.69, 9.17) is 23.2 Å². The highest BCUT2D eigenvalue weighted by Gasteiger charge is 2.14. The molecule has 0 bridgehead atoms. The summed E-state index contributed by atoms with van der Waals surface area (Å²) in [6.45, 7) is 4.11. The third-order valence-electron chi connectivity index (χ3n) is 1.50. The Morgan fingerprint density at radius 2 is 2.21 bits per heavy atom. The molecule has 0 radical (unpaired) electrons. The number of hydrogen-bond acceptors (Lipinski definition) is 3. The summed E-state index contributed by atoms with van der Waals surface area (Å²) in [7, 11) is 0. The van der Waals surface area contributed by atoms with Gasteiger partial charge in [0.2, 0.25) is 0 Å². The van der Waals surface area contributed by atoms with Crippen LogP contribution in [-0.4, -0.2) is 16.8 Å².